The van der Waals surface area contributed by atoms with Gasteiger partial charge in [-0.1, -0.05) is 55.9 Å². The quantitative estimate of drug-likeness (QED) is 0.264. The van der Waals surface area contributed by atoms with E-state index in [4.69, 9.17) is 0 Å². The average molecular weight is 451 g/mol. The first-order valence-electron chi connectivity index (χ1n) is 10.5. The van der Waals surface area contributed by atoms with Crippen LogP contribution < -0.4 is 10.6 Å². The number of H-pyrrole nitrogens is 1. The molecule has 0 radical (unpaired) electrons. The third kappa shape index (κ3) is 4.91. The van der Waals surface area contributed by atoms with Gasteiger partial charge in [-0.15, -0.1) is 0 Å². The first kappa shape index (κ1) is 21.8. The summed E-state index contributed by atoms with van der Waals surface area (Å²) in [5, 5.41) is 19.4. The summed E-state index contributed by atoms with van der Waals surface area (Å²) in [7, 11) is 0. The maximum atomic E-state index is 12.5. The van der Waals surface area contributed by atoms with Gasteiger partial charge in [0.25, 0.3) is 5.91 Å². The molecule has 0 atom stereocenters. The number of anilines is 1. The number of thioether (sulfide) groups is 1. The lowest BCUT2D eigenvalue weighted by atomic mass is 10.1. The number of aromatic nitrogens is 6. The van der Waals surface area contributed by atoms with Crippen molar-refractivity contribution in [2.75, 3.05) is 24.7 Å². The first-order valence-corrected chi connectivity index (χ1v) is 11.7. The third-order valence-corrected chi connectivity index (χ3v) is 5.38. The van der Waals surface area contributed by atoms with Gasteiger partial charge in [0.15, 0.2) is 10.8 Å². The summed E-state index contributed by atoms with van der Waals surface area (Å²) < 4.78 is 1.79. The predicted molar refractivity (Wildman–Crippen MR) is 127 cm³/mol. The molecule has 0 aliphatic carbocycles. The Morgan fingerprint density at radius 3 is 2.78 bits per heavy atom. The van der Waals surface area contributed by atoms with Crippen molar-refractivity contribution in [3.8, 4) is 11.3 Å². The Morgan fingerprint density at radius 2 is 2.03 bits per heavy atom. The van der Waals surface area contributed by atoms with Crippen LogP contribution in [0.25, 0.3) is 22.3 Å². The Kier molecular flexibility index (Phi) is 6.69. The van der Waals surface area contributed by atoms with Crippen molar-refractivity contribution in [3.63, 3.8) is 0 Å². The molecule has 0 unspecified atom stereocenters. The molecule has 3 heterocycles. The molecule has 9 nitrogen and oxygen atoms in total. The van der Waals surface area contributed by atoms with Crippen molar-refractivity contribution in [3.05, 3.63) is 48.3 Å². The van der Waals surface area contributed by atoms with Crippen LogP contribution in [-0.2, 0) is 6.54 Å². The first-order chi connectivity index (χ1) is 15.5. The van der Waals surface area contributed by atoms with Crippen LogP contribution in [-0.4, -0.2) is 55.2 Å². The topological polar surface area (TPSA) is 113 Å². The summed E-state index contributed by atoms with van der Waals surface area (Å²) in [6.45, 7) is 6.01. The zero-order chi connectivity index (χ0) is 22.5. The zero-order valence-electron chi connectivity index (χ0n) is 18.3. The number of carbonyl (C=O) groups is 1. The number of hydrogen-bond donors (Lipinski definition) is 3. The molecule has 0 aliphatic rings. The van der Waals surface area contributed by atoms with Gasteiger partial charge >= 0.3 is 0 Å². The Balaban J connectivity index is 1.42. The predicted octanol–water partition coefficient (Wildman–Crippen LogP) is 3.44. The molecule has 0 fully saturated rings. The van der Waals surface area contributed by atoms with Crippen LogP contribution in [0.4, 0.5) is 5.82 Å². The van der Waals surface area contributed by atoms with Crippen molar-refractivity contribution in [2.45, 2.75) is 25.5 Å². The van der Waals surface area contributed by atoms with Crippen molar-refractivity contribution >= 4 is 34.5 Å². The largest absolute Gasteiger partial charge is 0.369 e. The van der Waals surface area contributed by atoms with Crippen molar-refractivity contribution in [1.82, 2.24) is 35.3 Å². The average Bonchev–Trinajstić information content (AvgIpc) is 3.46. The summed E-state index contributed by atoms with van der Waals surface area (Å²) in [6.07, 6.45) is 3.72. The third-order valence-electron chi connectivity index (χ3n) is 4.84. The summed E-state index contributed by atoms with van der Waals surface area (Å²) in [5.74, 6) is 1.07. The smallest absolute Gasteiger partial charge is 0.269 e. The van der Waals surface area contributed by atoms with Crippen LogP contribution in [0.1, 0.15) is 24.3 Å². The van der Waals surface area contributed by atoms with Gasteiger partial charge in [0.05, 0.1) is 23.8 Å². The highest BCUT2D eigenvalue weighted by atomic mass is 32.2. The lowest BCUT2D eigenvalue weighted by molar-refractivity contribution is 0.0947. The lowest BCUT2D eigenvalue weighted by Gasteiger charge is -2.10. The number of hydrogen-bond acceptors (Lipinski definition) is 7. The second-order valence-electron chi connectivity index (χ2n) is 7.73. The maximum absolute atomic E-state index is 12.5. The number of carbonyl (C=O) groups excluding carboxylic acids is 1. The van der Waals surface area contributed by atoms with Gasteiger partial charge in [-0.3, -0.25) is 9.89 Å². The van der Waals surface area contributed by atoms with Gasteiger partial charge in [-0.25, -0.2) is 14.6 Å². The SMILES string of the molecule is CSc1nc(NCC(C)C)c2cnn(CCNC(=O)c3cc(-c4ccccc4)n[nH]3)c2n1. The lowest BCUT2D eigenvalue weighted by Crippen LogP contribution is -2.27. The van der Waals surface area contributed by atoms with E-state index in [1.807, 2.05) is 36.6 Å². The van der Waals surface area contributed by atoms with Crippen LogP contribution in [0.5, 0.6) is 0 Å². The minimum atomic E-state index is -0.213. The molecule has 0 bridgehead atoms. The molecule has 3 aromatic heterocycles. The number of rotatable bonds is 9. The molecule has 0 spiro atoms. The minimum Gasteiger partial charge on any atom is -0.369 e. The number of nitrogens with one attached hydrogen (secondary N) is 3. The fraction of sp³-hybridized carbons (Fsp3) is 0.318. The van der Waals surface area contributed by atoms with Gasteiger partial charge in [0.1, 0.15) is 11.5 Å². The second kappa shape index (κ2) is 9.82. The highest BCUT2D eigenvalue weighted by Crippen LogP contribution is 2.23. The van der Waals surface area contributed by atoms with E-state index in [1.165, 1.54) is 11.8 Å². The second-order valence-corrected chi connectivity index (χ2v) is 8.50. The minimum absolute atomic E-state index is 0.213. The Labute approximate surface area is 190 Å². The fourth-order valence-corrected chi connectivity index (χ4v) is 3.55. The standard InChI is InChI=1S/C22H26N8OS/c1-14(2)12-24-19-16-13-25-30(20(16)27-22(26-19)32-3)10-9-23-21(31)18-11-17(28-29-18)15-7-5-4-6-8-15/h4-8,11,13-14H,9-10,12H2,1-3H3,(H,23,31)(H,28,29)(H,24,26,27). The molecular formula is C22H26N8OS. The van der Waals surface area contributed by atoms with E-state index < -0.39 is 0 Å². The summed E-state index contributed by atoms with van der Waals surface area (Å²) in [4.78, 5) is 21.7. The molecule has 3 N–H and O–H groups in total. The van der Waals surface area contributed by atoms with Crippen LogP contribution in [0, 0.1) is 5.92 Å². The molecular weight excluding hydrogens is 424 g/mol. The van der Waals surface area contributed by atoms with Crippen LogP contribution in [0.15, 0.2) is 47.8 Å². The van der Waals surface area contributed by atoms with E-state index in [0.717, 1.165) is 34.7 Å². The normalized spacial score (nSPS) is 11.2. The van der Waals surface area contributed by atoms with Gasteiger partial charge in [0.2, 0.25) is 0 Å². The molecule has 1 aromatic carbocycles. The Morgan fingerprint density at radius 1 is 1.22 bits per heavy atom. The van der Waals surface area contributed by atoms with Crippen molar-refractivity contribution in [1.29, 1.82) is 0 Å². The molecule has 0 saturated carbocycles. The van der Waals surface area contributed by atoms with E-state index in [1.54, 1.807) is 16.9 Å². The Bertz CT molecular complexity index is 1200. The monoisotopic (exact) mass is 450 g/mol. The highest BCUT2D eigenvalue weighted by molar-refractivity contribution is 7.98. The van der Waals surface area contributed by atoms with Crippen LogP contribution in [0.3, 0.4) is 0 Å². The van der Waals surface area contributed by atoms with E-state index in [2.05, 4.69) is 49.7 Å². The van der Waals surface area contributed by atoms with E-state index in [-0.39, 0.29) is 5.91 Å². The zero-order valence-corrected chi connectivity index (χ0v) is 19.1. The molecule has 4 aromatic rings. The summed E-state index contributed by atoms with van der Waals surface area (Å²) in [5.41, 5.74) is 2.85. The van der Waals surface area contributed by atoms with Gasteiger partial charge in [-0.05, 0) is 18.2 Å². The molecule has 0 saturated heterocycles. The molecule has 166 valence electrons. The number of nitrogens with zero attached hydrogens (tertiary/aromatic N) is 5. The maximum Gasteiger partial charge on any atom is 0.269 e. The van der Waals surface area contributed by atoms with E-state index in [0.29, 0.717) is 29.9 Å². The molecule has 32 heavy (non-hydrogen) atoms. The summed E-state index contributed by atoms with van der Waals surface area (Å²) >= 11 is 1.49. The summed E-state index contributed by atoms with van der Waals surface area (Å²) in [6, 6.07) is 11.5. The fourth-order valence-electron chi connectivity index (χ4n) is 3.19. The number of fused-ring (bicyclic) bond motifs is 1. The van der Waals surface area contributed by atoms with E-state index >= 15 is 0 Å². The number of benzene rings is 1. The molecule has 4 rings (SSSR count). The van der Waals surface area contributed by atoms with Gasteiger partial charge in [0, 0.05) is 18.7 Å². The molecule has 10 heteroatoms. The number of amides is 1. The highest BCUT2D eigenvalue weighted by Gasteiger charge is 2.14. The number of aromatic amines is 1. The molecule has 0 aliphatic heterocycles. The van der Waals surface area contributed by atoms with Gasteiger partial charge < -0.3 is 10.6 Å². The van der Waals surface area contributed by atoms with Crippen molar-refractivity contribution in [2.24, 2.45) is 5.92 Å². The van der Waals surface area contributed by atoms with Crippen LogP contribution in [0.2, 0.25) is 0 Å². The Hall–Kier alpha value is -3.40. The molecule has 1 amide bonds. The van der Waals surface area contributed by atoms with Crippen LogP contribution >= 0.6 is 11.8 Å². The van der Waals surface area contributed by atoms with Crippen molar-refractivity contribution < 1.29 is 4.79 Å². The van der Waals surface area contributed by atoms with Gasteiger partial charge in [-0.2, -0.15) is 10.2 Å². The van der Waals surface area contributed by atoms with E-state index in [9.17, 15) is 4.79 Å².